The van der Waals surface area contributed by atoms with E-state index < -0.39 is 5.96 Å². The van der Waals surface area contributed by atoms with Gasteiger partial charge in [0, 0.05) is 6.42 Å². The van der Waals surface area contributed by atoms with Crippen LogP contribution >= 0.6 is 17.2 Å². The van der Waals surface area contributed by atoms with E-state index in [1.54, 1.807) is 0 Å². The molecule has 6 rings (SSSR count). The second-order valence-electron chi connectivity index (χ2n) is 12.5. The van der Waals surface area contributed by atoms with Crippen molar-refractivity contribution in [3.63, 3.8) is 0 Å². The normalized spacial score (nSPS) is 15.8. The summed E-state index contributed by atoms with van der Waals surface area (Å²) in [6.45, 7) is 1.44. The minimum absolute atomic E-state index is 0. The van der Waals surface area contributed by atoms with Crippen LogP contribution in [-0.2, 0) is 6.42 Å². The zero-order chi connectivity index (χ0) is 33.8. The number of benzene rings is 5. The molecule has 5 N–H and O–H groups in total. The van der Waals surface area contributed by atoms with Crippen LogP contribution in [0.1, 0.15) is 43.0 Å². The van der Waals surface area contributed by atoms with E-state index in [2.05, 4.69) is 136 Å². The Kier molecular flexibility index (Phi) is 13.1. The number of ether oxygens (including phenoxy) is 1. The smallest absolute Gasteiger partial charge is 0.352 e. The Morgan fingerprint density at radius 3 is 1.76 bits per heavy atom. The molecule has 1 aliphatic rings. The second kappa shape index (κ2) is 17.7. The number of rotatable bonds is 15. The molecule has 0 bridgehead atoms. The fourth-order valence-electron chi connectivity index (χ4n) is 6.59. The van der Waals surface area contributed by atoms with Gasteiger partial charge in [0.05, 0.1) is 6.54 Å². The summed E-state index contributed by atoms with van der Waals surface area (Å²) in [4.78, 5) is 7.95. The third-order valence-electron chi connectivity index (χ3n) is 9.18. The van der Waals surface area contributed by atoms with Crippen molar-refractivity contribution in [2.75, 3.05) is 19.3 Å². The number of hydrogen-bond acceptors (Lipinski definition) is 3. The molecule has 0 saturated carbocycles. The Morgan fingerprint density at radius 2 is 1.20 bits per heavy atom. The van der Waals surface area contributed by atoms with Crippen LogP contribution in [0.25, 0.3) is 0 Å². The van der Waals surface area contributed by atoms with Gasteiger partial charge in [-0.25, -0.2) is 5.32 Å². The van der Waals surface area contributed by atoms with Gasteiger partial charge in [0.25, 0.3) is 5.96 Å². The summed E-state index contributed by atoms with van der Waals surface area (Å²) in [5, 5.41) is 10.2. The van der Waals surface area contributed by atoms with Crippen LogP contribution in [0.15, 0.2) is 151 Å². The third kappa shape index (κ3) is 8.76. The van der Waals surface area contributed by atoms with Crippen LogP contribution in [0.2, 0.25) is 0 Å². The number of guanidine groups is 2. The van der Waals surface area contributed by atoms with E-state index in [0.29, 0.717) is 12.6 Å². The predicted molar refractivity (Wildman–Crippen MR) is 208 cm³/mol. The first-order valence-corrected chi connectivity index (χ1v) is 20.5. The molecule has 260 valence electrons. The number of unbranched alkanes of at least 4 members (excludes halogenated alkanes) is 3. The Bertz CT molecular complexity index is 1730. The molecule has 5 aromatic carbocycles. The standard InChI is InChI=1S/C41H45ClN5OP.BrH/c42-49(36-19-9-4-10-20-36,37-21-11-5-12-22-37,38-23-13-6-14-24-38)32-16-2-1-15-31-48-35-27-25-34(26-28-35)39-45-40(43)47-41(46-39)44-30-29-33-17-7-3-8-18-33;/h3-14,17-28,39H,1-2,15-16,29-32H2,(H4,43,44,45,46,47);1H. The first-order valence-electron chi connectivity index (χ1n) is 17.2. The average molecular weight is 771 g/mol. The van der Waals surface area contributed by atoms with Gasteiger partial charge in [0.1, 0.15) is 0 Å². The van der Waals surface area contributed by atoms with Gasteiger partial charge >= 0.3 is 215 Å². The maximum Gasteiger partial charge on any atom is 0.352 e. The molecule has 6 nitrogen and oxygen atoms in total. The van der Waals surface area contributed by atoms with E-state index in [4.69, 9.17) is 21.7 Å². The largest absolute Gasteiger partial charge is 1.00 e. The van der Waals surface area contributed by atoms with Crippen molar-refractivity contribution in [1.82, 2.24) is 10.6 Å². The SMILES string of the molecule is NC1=NC(c2ccc(OCCCCCCP(Cl)(c3ccccc3)(c3ccccc3)c3ccccc3)cc2)NC(=[NH+]CCc2ccccc2)N1.[Br-]. The van der Waals surface area contributed by atoms with Crippen LogP contribution < -0.4 is 59.0 Å². The van der Waals surface area contributed by atoms with Gasteiger partial charge < -0.3 is 22.7 Å². The van der Waals surface area contributed by atoms with Crippen LogP contribution in [0, 0.1) is 0 Å². The molecule has 0 fully saturated rings. The van der Waals surface area contributed by atoms with E-state index in [-0.39, 0.29) is 23.1 Å². The average Bonchev–Trinajstić information content (AvgIpc) is 3.16. The molecule has 0 spiro atoms. The summed E-state index contributed by atoms with van der Waals surface area (Å²) in [5.74, 6) is -1.22. The fourth-order valence-corrected chi connectivity index (χ4v) is 12.8. The Balaban J connectivity index is 0.00000486. The molecule has 1 aliphatic heterocycles. The van der Waals surface area contributed by atoms with Gasteiger partial charge in [0.15, 0.2) is 0 Å². The molecule has 50 heavy (non-hydrogen) atoms. The van der Waals surface area contributed by atoms with Gasteiger partial charge in [-0.15, -0.1) is 0 Å². The monoisotopic (exact) mass is 769 g/mol. The number of hydrogen-bond donors (Lipinski definition) is 4. The quantitative estimate of drug-likeness (QED) is 0.0975. The van der Waals surface area contributed by atoms with Crippen LogP contribution in [0.5, 0.6) is 5.75 Å². The van der Waals surface area contributed by atoms with Gasteiger partial charge in [-0.1, -0.05) is 30.3 Å². The molecular weight excluding hydrogens is 725 g/mol. The minimum atomic E-state index is -3.20. The number of aliphatic imine (C=N–C) groups is 1. The summed E-state index contributed by atoms with van der Waals surface area (Å²) < 4.78 is 6.13. The van der Waals surface area contributed by atoms with E-state index in [9.17, 15) is 0 Å². The fraction of sp³-hybridized carbons (Fsp3) is 0.220. The van der Waals surface area contributed by atoms with E-state index in [1.807, 2.05) is 30.3 Å². The Labute approximate surface area is 311 Å². The minimum Gasteiger partial charge on any atom is -1.00 e. The molecule has 0 radical (unpaired) electrons. The van der Waals surface area contributed by atoms with Crippen molar-refractivity contribution in [2.24, 2.45) is 10.7 Å². The maximum absolute atomic E-state index is 8.20. The van der Waals surface area contributed by atoms with Crippen molar-refractivity contribution in [3.8, 4) is 5.75 Å². The van der Waals surface area contributed by atoms with Crippen molar-refractivity contribution < 1.29 is 26.7 Å². The summed E-state index contributed by atoms with van der Waals surface area (Å²) in [5.41, 5.74) is 8.40. The van der Waals surface area contributed by atoms with E-state index in [1.165, 1.54) is 21.5 Å². The summed E-state index contributed by atoms with van der Waals surface area (Å²) in [6.07, 6.45) is 5.70. The van der Waals surface area contributed by atoms with Crippen LogP contribution in [-0.4, -0.2) is 31.2 Å². The Morgan fingerprint density at radius 1 is 0.680 bits per heavy atom. The maximum atomic E-state index is 8.20. The molecule has 0 saturated heterocycles. The van der Waals surface area contributed by atoms with Crippen molar-refractivity contribution in [1.29, 1.82) is 0 Å². The van der Waals surface area contributed by atoms with Gasteiger partial charge in [-0.05, 0) is 5.56 Å². The van der Waals surface area contributed by atoms with E-state index in [0.717, 1.165) is 62.1 Å². The summed E-state index contributed by atoms with van der Waals surface area (Å²) >= 11 is 8.20. The molecule has 1 atom stereocenters. The van der Waals surface area contributed by atoms with Crippen molar-refractivity contribution >= 4 is 45.0 Å². The van der Waals surface area contributed by atoms with Crippen LogP contribution in [0.4, 0.5) is 0 Å². The van der Waals surface area contributed by atoms with Crippen molar-refractivity contribution in [2.45, 2.75) is 38.3 Å². The second-order valence-corrected chi connectivity index (χ2v) is 19.1. The zero-order valence-corrected chi connectivity index (χ0v) is 31.5. The summed E-state index contributed by atoms with van der Waals surface area (Å²) in [7, 11) is 0. The molecule has 0 amide bonds. The molecule has 1 unspecified atom stereocenters. The molecule has 5 aromatic rings. The number of nitrogens with one attached hydrogen (secondary N) is 3. The van der Waals surface area contributed by atoms with Gasteiger partial charge in [0.2, 0.25) is 0 Å². The van der Waals surface area contributed by atoms with E-state index >= 15 is 0 Å². The van der Waals surface area contributed by atoms with Crippen molar-refractivity contribution in [3.05, 3.63) is 157 Å². The topological polar surface area (TPSA) is 85.6 Å². The first kappa shape index (κ1) is 37.1. The zero-order valence-electron chi connectivity index (χ0n) is 28.2. The first-order chi connectivity index (χ1) is 24.0. The summed E-state index contributed by atoms with van der Waals surface area (Å²) in [6, 6.07) is 50.7. The third-order valence-corrected chi connectivity index (χ3v) is 16.7. The predicted octanol–water partition coefficient (Wildman–Crippen LogP) is 2.50. The molecular formula is C41H46BrClN5OP. The molecule has 1 heterocycles. The molecule has 0 aromatic heterocycles. The number of nitrogens with zero attached hydrogens (tertiary/aromatic N) is 1. The van der Waals surface area contributed by atoms with Gasteiger partial charge in [-0.2, -0.15) is 4.99 Å². The molecule has 0 aliphatic carbocycles. The number of nitrogens with two attached hydrogens (primary N) is 1. The van der Waals surface area contributed by atoms with Crippen LogP contribution in [0.3, 0.4) is 0 Å². The molecule has 9 heteroatoms. The Hall–Kier alpha value is -4.16. The number of halogens is 2. The van der Waals surface area contributed by atoms with Gasteiger partial charge in [-0.3, -0.25) is 10.3 Å².